The number of carbonyl (C=O) groups is 1. The lowest BCUT2D eigenvalue weighted by atomic mass is 10.1. The topological polar surface area (TPSA) is 26.3 Å². The number of rotatable bonds is 5. The van der Waals surface area contributed by atoms with Gasteiger partial charge in [0.2, 0.25) is 6.17 Å². The third-order valence-corrected chi connectivity index (χ3v) is 1.86. The summed E-state index contributed by atoms with van der Waals surface area (Å²) in [7, 11) is 0. The Hall–Kier alpha value is -1.64. The van der Waals surface area contributed by atoms with Crippen molar-refractivity contribution in [2.24, 2.45) is 0 Å². The molecule has 0 bridgehead atoms. The molecule has 0 saturated carbocycles. The first kappa shape index (κ1) is 11.4. The molecule has 15 heavy (non-hydrogen) atoms. The largest absolute Gasteiger partial charge is 0.459 e. The first-order valence-electron chi connectivity index (χ1n) is 4.69. The van der Waals surface area contributed by atoms with Crippen LogP contribution in [0.2, 0.25) is 0 Å². The zero-order valence-corrected chi connectivity index (χ0v) is 8.36. The minimum absolute atomic E-state index is 0.0496. The van der Waals surface area contributed by atoms with Crippen LogP contribution in [0.15, 0.2) is 43.0 Å². The number of alkyl halides is 1. The van der Waals surface area contributed by atoms with E-state index in [0.717, 1.165) is 5.56 Å². The average molecular weight is 208 g/mol. The monoisotopic (exact) mass is 208 g/mol. The van der Waals surface area contributed by atoms with Crippen LogP contribution < -0.4 is 0 Å². The molecule has 80 valence electrons. The molecule has 2 nitrogen and oxygen atoms in total. The van der Waals surface area contributed by atoms with E-state index in [9.17, 15) is 9.18 Å². The number of ether oxygens (including phenoxy) is 1. The molecule has 0 fully saturated rings. The van der Waals surface area contributed by atoms with Gasteiger partial charge in [-0.25, -0.2) is 9.18 Å². The van der Waals surface area contributed by atoms with Crippen LogP contribution in [0, 0.1) is 0 Å². The maximum absolute atomic E-state index is 13.3. The van der Waals surface area contributed by atoms with Gasteiger partial charge < -0.3 is 4.74 Å². The fraction of sp³-hybridized carbons (Fsp3) is 0.250. The first-order chi connectivity index (χ1) is 7.24. The number of esters is 1. The van der Waals surface area contributed by atoms with Crippen molar-refractivity contribution in [2.75, 3.05) is 6.61 Å². The van der Waals surface area contributed by atoms with Crippen LogP contribution in [0.4, 0.5) is 4.39 Å². The van der Waals surface area contributed by atoms with Gasteiger partial charge in [0, 0.05) is 6.42 Å². The summed E-state index contributed by atoms with van der Waals surface area (Å²) in [5, 5.41) is 0. The molecular weight excluding hydrogens is 195 g/mol. The van der Waals surface area contributed by atoms with E-state index in [0.29, 0.717) is 0 Å². The quantitative estimate of drug-likeness (QED) is 0.548. The predicted molar refractivity (Wildman–Crippen MR) is 56.2 cm³/mol. The van der Waals surface area contributed by atoms with Crippen molar-refractivity contribution in [1.82, 2.24) is 0 Å². The van der Waals surface area contributed by atoms with Crippen molar-refractivity contribution in [2.45, 2.75) is 12.6 Å². The van der Waals surface area contributed by atoms with E-state index in [4.69, 9.17) is 0 Å². The zero-order valence-electron chi connectivity index (χ0n) is 8.36. The lowest BCUT2D eigenvalue weighted by molar-refractivity contribution is -0.148. The highest BCUT2D eigenvalue weighted by molar-refractivity contribution is 5.75. The highest BCUT2D eigenvalue weighted by Crippen LogP contribution is 2.07. The summed E-state index contributed by atoms with van der Waals surface area (Å²) < 4.78 is 17.9. The maximum Gasteiger partial charge on any atom is 0.341 e. The van der Waals surface area contributed by atoms with Gasteiger partial charge in [0.05, 0.1) is 0 Å². The minimum Gasteiger partial charge on any atom is -0.459 e. The van der Waals surface area contributed by atoms with E-state index in [-0.39, 0.29) is 13.0 Å². The van der Waals surface area contributed by atoms with Crippen LogP contribution in [-0.4, -0.2) is 18.7 Å². The third kappa shape index (κ3) is 3.94. The van der Waals surface area contributed by atoms with E-state index < -0.39 is 12.1 Å². The molecule has 0 aliphatic rings. The third-order valence-electron chi connectivity index (χ3n) is 1.86. The molecular formula is C12H13FO2. The number of carbonyl (C=O) groups excluding carboxylic acids is 1. The molecule has 0 N–H and O–H groups in total. The second-order valence-electron chi connectivity index (χ2n) is 3.08. The van der Waals surface area contributed by atoms with Crippen molar-refractivity contribution < 1.29 is 13.9 Å². The Labute approximate surface area is 88.4 Å². The van der Waals surface area contributed by atoms with E-state index in [1.54, 1.807) is 24.3 Å². The Morgan fingerprint density at radius 2 is 2.13 bits per heavy atom. The van der Waals surface area contributed by atoms with Gasteiger partial charge >= 0.3 is 5.97 Å². The number of hydrogen-bond acceptors (Lipinski definition) is 2. The molecule has 3 heteroatoms. The fourth-order valence-corrected chi connectivity index (χ4v) is 1.14. The molecule has 1 aromatic rings. The summed E-state index contributed by atoms with van der Waals surface area (Å²) in [6.07, 6.45) is -0.142. The standard InChI is InChI=1S/C12H13FO2/c1-2-8-15-12(14)11(13)9-10-6-4-3-5-7-10/h2-7,11H,1,8-9H2/t11-/m0/s1. The van der Waals surface area contributed by atoms with Crippen LogP contribution in [0.5, 0.6) is 0 Å². The Morgan fingerprint density at radius 1 is 1.47 bits per heavy atom. The lowest BCUT2D eigenvalue weighted by Gasteiger charge is -2.07. The van der Waals surface area contributed by atoms with Gasteiger partial charge in [0.1, 0.15) is 6.61 Å². The summed E-state index contributed by atoms with van der Waals surface area (Å²) in [5.41, 5.74) is 0.778. The lowest BCUT2D eigenvalue weighted by Crippen LogP contribution is -2.21. The van der Waals surface area contributed by atoms with Crippen molar-refractivity contribution in [3.8, 4) is 0 Å². The highest BCUT2D eigenvalue weighted by atomic mass is 19.1. The molecule has 0 aliphatic carbocycles. The van der Waals surface area contributed by atoms with Gasteiger partial charge in [-0.15, -0.1) is 0 Å². The van der Waals surface area contributed by atoms with Crippen LogP contribution in [0.3, 0.4) is 0 Å². The molecule has 0 amide bonds. The fourth-order valence-electron chi connectivity index (χ4n) is 1.14. The molecule has 0 aromatic heterocycles. The average Bonchev–Trinajstić information content (AvgIpc) is 2.27. The van der Waals surface area contributed by atoms with Crippen molar-refractivity contribution >= 4 is 5.97 Å². The first-order valence-corrected chi connectivity index (χ1v) is 4.69. The summed E-state index contributed by atoms with van der Waals surface area (Å²) >= 11 is 0. The van der Waals surface area contributed by atoms with Gasteiger partial charge in [0.25, 0.3) is 0 Å². The van der Waals surface area contributed by atoms with Crippen molar-refractivity contribution in [1.29, 1.82) is 0 Å². The van der Waals surface area contributed by atoms with Gasteiger partial charge in [-0.05, 0) is 5.56 Å². The summed E-state index contributed by atoms with van der Waals surface area (Å²) in [5.74, 6) is -0.834. The molecule has 0 saturated heterocycles. The Morgan fingerprint density at radius 3 is 2.73 bits per heavy atom. The molecule has 1 atom stereocenters. The maximum atomic E-state index is 13.3. The van der Waals surface area contributed by atoms with Gasteiger partial charge in [-0.2, -0.15) is 0 Å². The number of benzene rings is 1. The second-order valence-corrected chi connectivity index (χ2v) is 3.08. The molecule has 0 spiro atoms. The van der Waals surface area contributed by atoms with Crippen LogP contribution in [-0.2, 0) is 16.0 Å². The summed E-state index contributed by atoms with van der Waals surface area (Å²) in [4.78, 5) is 11.1. The van der Waals surface area contributed by atoms with Gasteiger partial charge in [0.15, 0.2) is 0 Å². The Bertz CT molecular complexity index is 322. The molecule has 0 aliphatic heterocycles. The molecule has 1 rings (SSSR count). The van der Waals surface area contributed by atoms with Gasteiger partial charge in [-0.3, -0.25) is 0 Å². The van der Waals surface area contributed by atoms with Crippen molar-refractivity contribution in [3.05, 3.63) is 48.6 Å². The van der Waals surface area contributed by atoms with E-state index in [2.05, 4.69) is 11.3 Å². The summed E-state index contributed by atoms with van der Waals surface area (Å²) in [6.45, 7) is 3.43. The smallest absolute Gasteiger partial charge is 0.341 e. The van der Waals surface area contributed by atoms with E-state index in [1.165, 1.54) is 6.08 Å². The van der Waals surface area contributed by atoms with Crippen LogP contribution in [0.1, 0.15) is 5.56 Å². The SMILES string of the molecule is C=CCOC(=O)[C@@H](F)Cc1ccccc1. The zero-order chi connectivity index (χ0) is 11.1. The highest BCUT2D eigenvalue weighted by Gasteiger charge is 2.18. The second kappa shape index (κ2) is 5.96. The minimum atomic E-state index is -1.60. The normalized spacial score (nSPS) is 11.8. The number of halogens is 1. The molecule has 0 radical (unpaired) electrons. The number of hydrogen-bond donors (Lipinski definition) is 0. The van der Waals surface area contributed by atoms with Crippen LogP contribution in [0.25, 0.3) is 0 Å². The Balaban J connectivity index is 2.45. The van der Waals surface area contributed by atoms with Crippen molar-refractivity contribution in [3.63, 3.8) is 0 Å². The predicted octanol–water partition coefficient (Wildman–Crippen LogP) is 2.30. The van der Waals surface area contributed by atoms with Gasteiger partial charge in [-0.1, -0.05) is 43.0 Å². The molecule has 1 aromatic carbocycles. The van der Waals surface area contributed by atoms with Crippen LogP contribution >= 0.6 is 0 Å². The Kier molecular flexibility index (Phi) is 4.54. The summed E-state index contributed by atoms with van der Waals surface area (Å²) in [6, 6.07) is 8.99. The molecule has 0 unspecified atom stereocenters. The molecule has 0 heterocycles. The van der Waals surface area contributed by atoms with E-state index >= 15 is 0 Å². The van der Waals surface area contributed by atoms with E-state index in [1.807, 2.05) is 6.07 Å².